The zero-order valence-corrected chi connectivity index (χ0v) is 58.9. The molecule has 2 unspecified atom stereocenters. The maximum Gasteiger partial charge on any atom is 0.351 e. The number of halogens is 1. The summed E-state index contributed by atoms with van der Waals surface area (Å²) in [6.07, 6.45) is 10.9. The van der Waals surface area contributed by atoms with E-state index in [2.05, 4.69) is 28.3 Å². The molecule has 3 N–H and O–H groups in total. The first-order valence-electron chi connectivity index (χ1n) is 34.8. The Morgan fingerprint density at radius 1 is 0.714 bits per heavy atom. The van der Waals surface area contributed by atoms with Crippen molar-refractivity contribution < 1.29 is 51.8 Å². The van der Waals surface area contributed by atoms with Crippen LogP contribution < -0.4 is 31.7 Å². The summed E-state index contributed by atoms with van der Waals surface area (Å²) in [5, 5.41) is 13.7. The average Bonchev–Trinajstić information content (AvgIpc) is 0.934. The lowest BCUT2D eigenvalue weighted by Gasteiger charge is -2.37. The predicted molar refractivity (Wildman–Crippen MR) is 375 cm³/mol. The number of nitrogens with zero attached hydrogens (tertiary/aromatic N) is 6. The molecule has 2 fully saturated rings. The van der Waals surface area contributed by atoms with Crippen LogP contribution in [0.1, 0.15) is 177 Å². The molecule has 0 saturated carbocycles. The van der Waals surface area contributed by atoms with E-state index in [4.69, 9.17) is 32.9 Å². The highest BCUT2D eigenvalue weighted by atomic mass is 31.2. The Labute approximate surface area is 576 Å². The predicted octanol–water partition coefficient (Wildman–Crippen LogP) is 13.0. The van der Waals surface area contributed by atoms with Crippen molar-refractivity contribution in [2.24, 2.45) is 17.8 Å². The van der Waals surface area contributed by atoms with Crippen LogP contribution in [0, 0.1) is 29.1 Å². The van der Waals surface area contributed by atoms with E-state index in [1.165, 1.54) is 94.0 Å². The Morgan fingerprint density at radius 2 is 1.24 bits per heavy atom. The molecule has 0 spiro atoms. The first-order chi connectivity index (χ1) is 47.5. The van der Waals surface area contributed by atoms with Crippen LogP contribution in [-0.4, -0.2) is 130 Å². The van der Waals surface area contributed by atoms with Gasteiger partial charge in [-0.25, -0.2) is 18.6 Å². The molecule has 530 valence electrons. The van der Waals surface area contributed by atoms with Crippen molar-refractivity contribution in [1.29, 1.82) is 5.26 Å². The van der Waals surface area contributed by atoms with E-state index in [0.717, 1.165) is 53.4 Å². The topological polar surface area (TPSA) is 251 Å². The minimum absolute atomic E-state index is 0.0878. The van der Waals surface area contributed by atoms with Gasteiger partial charge in [0.25, 0.3) is 20.0 Å². The minimum atomic E-state index is -2.27. The van der Waals surface area contributed by atoms with E-state index in [9.17, 15) is 29.3 Å². The number of unbranched alkanes of at least 4 members (excludes halogenated alkanes) is 14. The second-order valence-corrected chi connectivity index (χ2v) is 27.2. The van der Waals surface area contributed by atoms with Gasteiger partial charge in [0.2, 0.25) is 5.91 Å². The van der Waals surface area contributed by atoms with Gasteiger partial charge in [-0.1, -0.05) is 170 Å². The van der Waals surface area contributed by atoms with Crippen molar-refractivity contribution >= 4 is 26.2 Å². The fourth-order valence-corrected chi connectivity index (χ4v) is 14.9. The Bertz CT molecular complexity index is 3580. The number of benzene rings is 4. The molecule has 0 aliphatic carbocycles. The third kappa shape index (κ3) is 19.9. The molecule has 0 bridgehead atoms. The molecule has 23 heteroatoms. The van der Waals surface area contributed by atoms with Crippen molar-refractivity contribution in [3.63, 3.8) is 0 Å². The van der Waals surface area contributed by atoms with E-state index in [1.807, 2.05) is 107 Å². The highest BCUT2D eigenvalue weighted by Crippen LogP contribution is 2.47. The van der Waals surface area contributed by atoms with Crippen LogP contribution in [-0.2, 0) is 33.9 Å². The molecule has 2 aliphatic rings. The number of amides is 2. The smallest absolute Gasteiger partial charge is 0.351 e. The largest absolute Gasteiger partial charge is 0.497 e. The van der Waals surface area contributed by atoms with Crippen LogP contribution in [0.3, 0.4) is 0 Å². The second-order valence-electron chi connectivity index (χ2n) is 26.0. The number of alkyl halides is 1. The number of aromatic amines is 1. The lowest BCUT2D eigenvalue weighted by Crippen LogP contribution is -2.45. The van der Waals surface area contributed by atoms with Crippen LogP contribution >= 0.6 is 8.53 Å². The summed E-state index contributed by atoms with van der Waals surface area (Å²) < 4.78 is 66.6. The fraction of sp³-hybridized carbons (Fsp3) is 0.533. The van der Waals surface area contributed by atoms with Crippen molar-refractivity contribution in [2.45, 2.75) is 192 Å². The molecule has 2 saturated heterocycles. The van der Waals surface area contributed by atoms with Crippen molar-refractivity contribution in [1.82, 2.24) is 28.7 Å². The fourth-order valence-electron chi connectivity index (χ4n) is 13.7. The monoisotopic (exact) mass is 1370 g/mol. The summed E-state index contributed by atoms with van der Waals surface area (Å²) in [5.41, 5.74) is -1.18. The molecule has 2 aliphatic heterocycles. The number of carbonyl (C=O) groups excluding carboxylic acids is 2. The Hall–Kier alpha value is -7.45. The van der Waals surface area contributed by atoms with Crippen LogP contribution in [0.5, 0.6) is 11.5 Å². The van der Waals surface area contributed by atoms with Crippen LogP contribution in [0.15, 0.2) is 148 Å². The number of nitriles is 1. The summed E-state index contributed by atoms with van der Waals surface area (Å²) in [6.45, 7) is 9.16. The zero-order chi connectivity index (χ0) is 70.1. The summed E-state index contributed by atoms with van der Waals surface area (Å²) >= 11 is 0. The normalized spacial score (nSPS) is 20.0. The quantitative estimate of drug-likeness (QED) is 0.0184. The van der Waals surface area contributed by atoms with Gasteiger partial charge in [0, 0.05) is 74.6 Å². The average molecular weight is 1370 g/mol. The van der Waals surface area contributed by atoms with Crippen LogP contribution in [0.25, 0.3) is 0 Å². The van der Waals surface area contributed by atoms with Crippen molar-refractivity contribution in [3.8, 4) is 17.6 Å². The number of hydrogen-bond donors (Lipinski definition) is 3. The first kappa shape index (κ1) is 76.3. The van der Waals surface area contributed by atoms with Gasteiger partial charge in [-0.15, -0.1) is 0 Å². The standard InChI is InChI=1S/C75H100FN8O13P/c1-9-10-11-12-13-14-15-16-17-18-19-20-21-22-29-44-81(49-62-67(55(48-77)50-95-98(90)84(52(2)3)53(4)5)68(76)71(96-62)82-45-42-64(79-73(82)88)78-70(87)54-30-25-23-26-31-54)66(86)47-61-63(97-72(69(61)93-8)83-46-43-65(85)80-74(83)89)51-94-75(56-32-27-24-28-33-56,57-34-38-59(91-6)39-35-57)58-36-40-60(92-7)41-37-58/h23-28,30-43,45-46,52-53,55,61-63,67-69,71-72,90H,9-22,29,44,47,49-51H2,1-8H3,(H,80,85,89)(H,78,79,87,88)/t55?,61-,62+,63-,67-,68-,69-,71-,72-,98?/m1/s1. The number of aromatic nitrogens is 4. The maximum atomic E-state index is 18.0. The molecule has 2 aromatic heterocycles. The molecule has 98 heavy (non-hydrogen) atoms. The Morgan fingerprint density at radius 3 is 1.77 bits per heavy atom. The van der Waals surface area contributed by atoms with E-state index in [1.54, 1.807) is 54.1 Å². The SMILES string of the molecule is CCCCCCCCCCCCCCCCCN(C[C@@H]1O[C@@H](n2ccc(NC(=O)c3ccccc3)nc2=O)[C@H](F)[C@@H]1C(C#N)COP(O)N(C(C)C)C(C)C)C(=O)C[C@H]1[C@@H](OC)[C@H](n2ccc(=O)[nH]c2=O)O[C@@H]1COC(c1ccccc1)(c1ccc(OC)cc1)c1ccc(OC)cc1. The number of nitrogens with one attached hydrogen (secondary N) is 2. The maximum absolute atomic E-state index is 18.0. The zero-order valence-electron chi connectivity index (χ0n) is 58.0. The molecule has 8 rings (SSSR count). The van der Waals surface area contributed by atoms with Gasteiger partial charge in [-0.3, -0.25) is 28.5 Å². The molecular formula is C75H100FN8O13P. The Kier molecular flexibility index (Phi) is 29.8. The number of methoxy groups -OCH3 is 3. The Balaban J connectivity index is 1.14. The van der Waals surface area contributed by atoms with Gasteiger partial charge in [0.1, 0.15) is 29.0 Å². The molecule has 10 atom stereocenters. The van der Waals surface area contributed by atoms with Gasteiger partial charge >= 0.3 is 11.4 Å². The highest BCUT2D eigenvalue weighted by molar-refractivity contribution is 7.43. The molecule has 4 heterocycles. The summed E-state index contributed by atoms with van der Waals surface area (Å²) in [6, 6.07) is 37.5. The lowest BCUT2D eigenvalue weighted by atomic mass is 9.79. The number of rotatable bonds is 40. The van der Waals surface area contributed by atoms with Crippen LogP contribution in [0.2, 0.25) is 0 Å². The lowest BCUT2D eigenvalue weighted by molar-refractivity contribution is -0.137. The molecule has 0 radical (unpaired) electrons. The van der Waals surface area contributed by atoms with Crippen molar-refractivity contribution in [3.05, 3.63) is 187 Å². The number of anilines is 1. The van der Waals surface area contributed by atoms with Gasteiger partial charge in [-0.05, 0) is 93.3 Å². The van der Waals surface area contributed by atoms with Gasteiger partial charge < -0.3 is 48.1 Å². The number of H-pyrrole nitrogens is 1. The molecule has 2 amide bonds. The summed E-state index contributed by atoms with van der Waals surface area (Å²) in [5.74, 6) is -3.30. The van der Waals surface area contributed by atoms with Crippen LogP contribution in [0.4, 0.5) is 10.2 Å². The summed E-state index contributed by atoms with van der Waals surface area (Å²) in [7, 11) is 2.36. The highest BCUT2D eigenvalue weighted by Gasteiger charge is 2.53. The first-order valence-corrected chi connectivity index (χ1v) is 35.9. The van der Waals surface area contributed by atoms with Gasteiger partial charge in [0.05, 0.1) is 51.6 Å². The summed E-state index contributed by atoms with van der Waals surface area (Å²) in [4.78, 5) is 89.2. The van der Waals surface area contributed by atoms with E-state index in [-0.39, 0.29) is 44.0 Å². The third-order valence-corrected chi connectivity index (χ3v) is 20.4. The molecule has 21 nitrogen and oxygen atoms in total. The second kappa shape index (κ2) is 38.2. The number of hydrogen-bond acceptors (Lipinski definition) is 16. The molecular weight excluding hydrogens is 1270 g/mol. The minimum Gasteiger partial charge on any atom is -0.497 e. The molecule has 6 aromatic rings. The van der Waals surface area contributed by atoms with Gasteiger partial charge in [-0.2, -0.15) is 10.2 Å². The number of ether oxygens (including phenoxy) is 6. The van der Waals surface area contributed by atoms with Crippen molar-refractivity contribution in [2.75, 3.05) is 52.9 Å². The van der Waals surface area contributed by atoms with E-state index >= 15 is 9.18 Å². The third-order valence-electron chi connectivity index (χ3n) is 18.7. The molecule has 4 aromatic carbocycles. The van der Waals surface area contributed by atoms with E-state index in [0.29, 0.717) is 23.5 Å². The van der Waals surface area contributed by atoms with Gasteiger partial charge in [0.15, 0.2) is 18.6 Å². The van der Waals surface area contributed by atoms with E-state index < -0.39 is 104 Å². The number of carbonyl (C=O) groups is 2.